The van der Waals surface area contributed by atoms with Crippen molar-refractivity contribution in [3.05, 3.63) is 70.7 Å². The summed E-state index contributed by atoms with van der Waals surface area (Å²) in [5.41, 5.74) is 3.74. The summed E-state index contributed by atoms with van der Waals surface area (Å²) < 4.78 is 23.1. The third-order valence-electron chi connectivity index (χ3n) is 6.69. The van der Waals surface area contributed by atoms with E-state index in [-0.39, 0.29) is 16.3 Å². The topological polar surface area (TPSA) is 88.6 Å². The third-order valence-corrected chi connectivity index (χ3v) is 12.0. The van der Waals surface area contributed by atoms with Gasteiger partial charge in [0.1, 0.15) is 22.3 Å². The number of nitrogens with zero attached hydrogens (tertiary/aromatic N) is 5. The van der Waals surface area contributed by atoms with Crippen LogP contribution in [0.3, 0.4) is 0 Å². The van der Waals surface area contributed by atoms with Gasteiger partial charge in [0.05, 0.1) is 23.0 Å². The minimum absolute atomic E-state index is 0.0820. The van der Waals surface area contributed by atoms with Crippen molar-refractivity contribution in [3.8, 4) is 22.5 Å². The molecule has 0 unspecified atom stereocenters. The lowest BCUT2D eigenvalue weighted by Crippen LogP contribution is -2.41. The van der Waals surface area contributed by atoms with Gasteiger partial charge in [-0.1, -0.05) is 20.8 Å². The number of hydrogen-bond acceptors (Lipinski definition) is 7. The van der Waals surface area contributed by atoms with Crippen LogP contribution in [0, 0.1) is 24.1 Å². The number of halogens is 1. The van der Waals surface area contributed by atoms with E-state index in [1.54, 1.807) is 18.3 Å². The molecule has 1 aromatic carbocycles. The van der Waals surface area contributed by atoms with Crippen LogP contribution in [0.15, 0.2) is 48.1 Å². The number of pyridine rings is 1. The maximum Gasteiger partial charge on any atom is 0.191 e. The number of hydrogen-bond donors (Lipinski definition) is 1. The summed E-state index contributed by atoms with van der Waals surface area (Å²) in [6, 6.07) is 10.2. The number of nitriles is 1. The lowest BCUT2D eigenvalue weighted by atomic mass is 10.1. The van der Waals surface area contributed by atoms with Gasteiger partial charge >= 0.3 is 0 Å². The van der Waals surface area contributed by atoms with Gasteiger partial charge in [0.2, 0.25) is 0 Å². The molecule has 0 fully saturated rings. The van der Waals surface area contributed by atoms with Gasteiger partial charge < -0.3 is 9.74 Å². The molecule has 192 valence electrons. The average Bonchev–Trinajstić information content (AvgIpc) is 3.52. The molecule has 0 saturated carbocycles. The number of aryl methyl sites for hydroxylation is 1. The highest BCUT2D eigenvalue weighted by Gasteiger charge is 2.37. The molecule has 0 saturated heterocycles. The van der Waals surface area contributed by atoms with Crippen LogP contribution in [-0.4, -0.2) is 34.7 Å². The second kappa shape index (κ2) is 10.5. The Hall–Kier alpha value is -3.39. The molecule has 10 heteroatoms. The summed E-state index contributed by atoms with van der Waals surface area (Å²) in [6.45, 7) is 13.5. The Morgan fingerprint density at radius 3 is 2.65 bits per heavy atom. The molecule has 0 aliphatic carbocycles. The Labute approximate surface area is 222 Å². The van der Waals surface area contributed by atoms with Crippen molar-refractivity contribution in [2.75, 3.05) is 11.9 Å². The molecule has 3 aromatic heterocycles. The summed E-state index contributed by atoms with van der Waals surface area (Å²) in [5, 5.41) is 19.9. The van der Waals surface area contributed by atoms with Crippen molar-refractivity contribution in [3.63, 3.8) is 0 Å². The van der Waals surface area contributed by atoms with Crippen molar-refractivity contribution in [1.29, 1.82) is 5.26 Å². The van der Waals surface area contributed by atoms with Crippen LogP contribution in [0.25, 0.3) is 16.4 Å². The van der Waals surface area contributed by atoms with Crippen LogP contribution in [0.4, 0.5) is 15.9 Å². The highest BCUT2D eigenvalue weighted by molar-refractivity contribution is 7.13. The molecule has 3 heterocycles. The second-order valence-corrected chi connectivity index (χ2v) is 16.1. The molecule has 7 nitrogen and oxygen atoms in total. The second-order valence-electron chi connectivity index (χ2n) is 10.4. The summed E-state index contributed by atoms with van der Waals surface area (Å²) in [4.78, 5) is 9.09. The molecule has 0 spiro atoms. The molecule has 0 aliphatic heterocycles. The lowest BCUT2D eigenvalue weighted by Gasteiger charge is -2.36. The Morgan fingerprint density at radius 2 is 2.00 bits per heavy atom. The molecule has 1 N–H and O–H groups in total. The molecule has 0 amide bonds. The molecule has 37 heavy (non-hydrogen) atoms. The summed E-state index contributed by atoms with van der Waals surface area (Å²) in [6.07, 6.45) is 4.21. The molecule has 4 rings (SSSR count). The number of thiazole rings is 1. The number of rotatable bonds is 8. The first-order valence-electron chi connectivity index (χ1n) is 12.1. The van der Waals surface area contributed by atoms with E-state index in [2.05, 4.69) is 44.2 Å². The first-order valence-corrected chi connectivity index (χ1v) is 15.8. The molecule has 0 atom stereocenters. The lowest BCUT2D eigenvalue weighted by molar-refractivity contribution is 0.292. The Kier molecular flexibility index (Phi) is 7.59. The molecular weight excluding hydrogens is 503 g/mol. The fraction of sp³-hybridized carbons (Fsp3) is 0.333. The number of anilines is 2. The Morgan fingerprint density at radius 1 is 1.22 bits per heavy atom. The summed E-state index contributed by atoms with van der Waals surface area (Å²) >= 11 is 1.53. The largest absolute Gasteiger partial charge is 0.416 e. The van der Waals surface area contributed by atoms with Crippen molar-refractivity contribution in [1.82, 2.24) is 19.7 Å². The van der Waals surface area contributed by atoms with Crippen molar-refractivity contribution >= 4 is 31.2 Å². The highest BCUT2D eigenvalue weighted by Crippen LogP contribution is 2.37. The van der Waals surface area contributed by atoms with Gasteiger partial charge in [0.15, 0.2) is 8.32 Å². The Balaban J connectivity index is 1.74. The summed E-state index contributed by atoms with van der Waals surface area (Å²) in [7, 11) is -1.97. The van der Waals surface area contributed by atoms with Gasteiger partial charge in [-0.25, -0.2) is 19.0 Å². The van der Waals surface area contributed by atoms with E-state index in [1.165, 1.54) is 17.4 Å². The number of benzene rings is 1. The normalized spacial score (nSPS) is 11.9. The van der Waals surface area contributed by atoms with E-state index in [1.807, 2.05) is 41.4 Å². The van der Waals surface area contributed by atoms with Crippen molar-refractivity contribution in [2.45, 2.75) is 52.2 Å². The number of aromatic nitrogens is 4. The highest BCUT2D eigenvalue weighted by atomic mass is 32.1. The van der Waals surface area contributed by atoms with Crippen LogP contribution in [0.5, 0.6) is 0 Å². The van der Waals surface area contributed by atoms with Crippen LogP contribution >= 0.6 is 11.3 Å². The van der Waals surface area contributed by atoms with Gasteiger partial charge in [-0.05, 0) is 55.4 Å². The van der Waals surface area contributed by atoms with E-state index in [9.17, 15) is 4.39 Å². The zero-order valence-corrected chi connectivity index (χ0v) is 23.8. The van der Waals surface area contributed by atoms with E-state index < -0.39 is 14.1 Å². The zero-order chi connectivity index (χ0) is 26.8. The minimum atomic E-state index is -1.97. The van der Waals surface area contributed by atoms with Crippen molar-refractivity contribution in [2.24, 2.45) is 0 Å². The molecule has 0 aliphatic rings. The predicted molar refractivity (Wildman–Crippen MR) is 148 cm³/mol. The SMILES string of the molecule is Cc1cc(-n2ccc(-c3nccs3)n2)c(CCO[Si](C)(C)C(C)(C)C)c(Nc2ccc(C#N)cc2F)n1. The van der Waals surface area contributed by atoms with Crippen LogP contribution in [0.2, 0.25) is 18.1 Å². The van der Waals surface area contributed by atoms with Gasteiger partial charge in [-0.2, -0.15) is 10.4 Å². The molecule has 0 radical (unpaired) electrons. The Bertz CT molecular complexity index is 1440. The molecule has 0 bridgehead atoms. The third kappa shape index (κ3) is 5.96. The maximum atomic E-state index is 14.8. The van der Waals surface area contributed by atoms with E-state index in [0.29, 0.717) is 18.8 Å². The van der Waals surface area contributed by atoms with Gasteiger partial charge in [-0.3, -0.25) is 0 Å². The minimum Gasteiger partial charge on any atom is -0.416 e. The maximum absolute atomic E-state index is 14.8. The van der Waals surface area contributed by atoms with Gasteiger partial charge in [0, 0.05) is 42.1 Å². The monoisotopic (exact) mass is 534 g/mol. The van der Waals surface area contributed by atoms with Crippen LogP contribution in [0.1, 0.15) is 37.6 Å². The predicted octanol–water partition coefficient (Wildman–Crippen LogP) is 7.02. The smallest absolute Gasteiger partial charge is 0.191 e. The number of nitrogens with one attached hydrogen (secondary N) is 1. The van der Waals surface area contributed by atoms with Gasteiger partial charge in [0.25, 0.3) is 0 Å². The standard InChI is InChI=1S/C27H31FN6OSSi/c1-18-15-24(34-12-9-23(33-34)26-30-11-14-36-26)20(10-13-35-37(5,6)27(2,3)4)25(31-18)32-22-8-7-19(17-29)16-21(22)28/h7-9,11-12,14-16H,10,13H2,1-6H3,(H,31,32). The first kappa shape index (κ1) is 26.7. The summed E-state index contributed by atoms with van der Waals surface area (Å²) in [5.74, 6) is 0.0151. The van der Waals surface area contributed by atoms with Gasteiger partial charge in [-0.15, -0.1) is 11.3 Å². The fourth-order valence-corrected chi connectivity index (χ4v) is 5.24. The zero-order valence-electron chi connectivity index (χ0n) is 22.0. The quantitative estimate of drug-likeness (QED) is 0.244. The van der Waals surface area contributed by atoms with Crippen molar-refractivity contribution < 1.29 is 8.82 Å². The van der Waals surface area contributed by atoms with Crippen LogP contribution in [-0.2, 0) is 10.8 Å². The van der Waals surface area contributed by atoms with E-state index >= 15 is 0 Å². The molecular formula is C27H31FN6OSSi. The average molecular weight is 535 g/mol. The van der Waals surface area contributed by atoms with E-state index in [4.69, 9.17) is 19.8 Å². The van der Waals surface area contributed by atoms with E-state index in [0.717, 1.165) is 27.6 Å². The molecule has 4 aromatic rings. The fourth-order valence-electron chi connectivity index (χ4n) is 3.60. The first-order chi connectivity index (χ1) is 17.5. The van der Waals surface area contributed by atoms with Crippen LogP contribution < -0.4 is 5.32 Å².